The van der Waals surface area contributed by atoms with E-state index in [-0.39, 0.29) is 5.75 Å². The van der Waals surface area contributed by atoms with Crippen LogP contribution in [-0.2, 0) is 6.42 Å². The summed E-state index contributed by atoms with van der Waals surface area (Å²) in [5, 5.41) is 9.63. The second-order valence-electron chi connectivity index (χ2n) is 3.62. The van der Waals surface area contributed by atoms with E-state index in [9.17, 15) is 9.90 Å². The van der Waals surface area contributed by atoms with Gasteiger partial charge in [-0.15, -0.1) is 0 Å². The number of phenols is 1. The molecule has 0 amide bonds. The zero-order chi connectivity index (χ0) is 9.26. The first-order valence-electron chi connectivity index (χ1n) is 4.57. The van der Waals surface area contributed by atoms with Crippen LogP contribution in [0.3, 0.4) is 0 Å². The van der Waals surface area contributed by atoms with Crippen molar-refractivity contribution in [3.05, 3.63) is 29.3 Å². The number of carbonyl (C=O) groups is 1. The summed E-state index contributed by atoms with van der Waals surface area (Å²) < 4.78 is 0. The number of rotatable bonds is 3. The SMILES string of the molecule is O=Cc1cccc(CC2CC2)c1O. The van der Waals surface area contributed by atoms with Crippen LogP contribution in [0.4, 0.5) is 0 Å². The van der Waals surface area contributed by atoms with Crippen LogP contribution in [0, 0.1) is 5.92 Å². The number of hydrogen-bond acceptors (Lipinski definition) is 2. The van der Waals surface area contributed by atoms with E-state index in [2.05, 4.69) is 0 Å². The lowest BCUT2D eigenvalue weighted by Gasteiger charge is -2.04. The first kappa shape index (κ1) is 8.30. The standard InChI is InChI=1S/C11H12O2/c12-7-10-3-1-2-9(11(10)13)6-8-4-5-8/h1-3,7-8,13H,4-6H2. The summed E-state index contributed by atoms with van der Waals surface area (Å²) in [6.45, 7) is 0. The van der Waals surface area contributed by atoms with E-state index in [1.54, 1.807) is 6.07 Å². The van der Waals surface area contributed by atoms with Gasteiger partial charge < -0.3 is 5.11 Å². The van der Waals surface area contributed by atoms with Gasteiger partial charge in [0.15, 0.2) is 6.29 Å². The first-order valence-corrected chi connectivity index (χ1v) is 4.57. The minimum Gasteiger partial charge on any atom is -0.507 e. The van der Waals surface area contributed by atoms with E-state index in [4.69, 9.17) is 0 Å². The number of phenolic OH excluding ortho intramolecular Hbond substituents is 1. The molecule has 1 N–H and O–H groups in total. The van der Waals surface area contributed by atoms with Crippen LogP contribution in [-0.4, -0.2) is 11.4 Å². The predicted octanol–water partition coefficient (Wildman–Crippen LogP) is 2.16. The molecular formula is C11H12O2. The highest BCUT2D eigenvalue weighted by Crippen LogP contribution is 2.35. The average molecular weight is 176 g/mol. The molecule has 13 heavy (non-hydrogen) atoms. The van der Waals surface area contributed by atoms with Crippen molar-refractivity contribution in [2.24, 2.45) is 5.92 Å². The summed E-state index contributed by atoms with van der Waals surface area (Å²) in [5.41, 5.74) is 1.31. The molecule has 1 aliphatic rings. The van der Waals surface area contributed by atoms with Gasteiger partial charge in [0.05, 0.1) is 5.56 Å². The maximum atomic E-state index is 10.5. The van der Waals surface area contributed by atoms with Gasteiger partial charge in [-0.05, 0) is 36.8 Å². The van der Waals surface area contributed by atoms with Gasteiger partial charge >= 0.3 is 0 Å². The normalized spacial score (nSPS) is 15.7. The molecule has 2 nitrogen and oxygen atoms in total. The minimum atomic E-state index is 0.171. The Balaban J connectivity index is 2.27. The van der Waals surface area contributed by atoms with E-state index >= 15 is 0 Å². The molecule has 1 aromatic rings. The summed E-state index contributed by atoms with van der Waals surface area (Å²) in [7, 11) is 0. The van der Waals surface area contributed by atoms with Crippen molar-refractivity contribution in [1.29, 1.82) is 0 Å². The Kier molecular flexibility index (Phi) is 2.05. The largest absolute Gasteiger partial charge is 0.507 e. The van der Waals surface area contributed by atoms with Crippen molar-refractivity contribution < 1.29 is 9.90 Å². The molecule has 1 saturated carbocycles. The Hall–Kier alpha value is -1.31. The van der Waals surface area contributed by atoms with Gasteiger partial charge in [-0.3, -0.25) is 4.79 Å². The number of aromatic hydroxyl groups is 1. The van der Waals surface area contributed by atoms with Crippen molar-refractivity contribution in [1.82, 2.24) is 0 Å². The third-order valence-corrected chi connectivity index (χ3v) is 2.48. The molecule has 0 atom stereocenters. The predicted molar refractivity (Wildman–Crippen MR) is 49.9 cm³/mol. The van der Waals surface area contributed by atoms with Gasteiger partial charge in [0.2, 0.25) is 0 Å². The fourth-order valence-electron chi connectivity index (χ4n) is 1.50. The molecule has 0 spiro atoms. The third kappa shape index (κ3) is 1.72. The second-order valence-corrected chi connectivity index (χ2v) is 3.62. The topological polar surface area (TPSA) is 37.3 Å². The van der Waals surface area contributed by atoms with Crippen molar-refractivity contribution in [3.8, 4) is 5.75 Å². The van der Waals surface area contributed by atoms with E-state index in [0.717, 1.165) is 17.9 Å². The fraction of sp³-hybridized carbons (Fsp3) is 0.364. The van der Waals surface area contributed by atoms with E-state index in [1.165, 1.54) is 12.8 Å². The van der Waals surface area contributed by atoms with Gasteiger partial charge in [-0.1, -0.05) is 12.1 Å². The highest BCUT2D eigenvalue weighted by molar-refractivity contribution is 5.79. The van der Waals surface area contributed by atoms with Crippen LogP contribution < -0.4 is 0 Å². The summed E-state index contributed by atoms with van der Waals surface area (Å²) in [6, 6.07) is 5.35. The molecule has 68 valence electrons. The first-order chi connectivity index (χ1) is 6.31. The second kappa shape index (κ2) is 3.21. The quantitative estimate of drug-likeness (QED) is 0.716. The monoisotopic (exact) mass is 176 g/mol. The van der Waals surface area contributed by atoms with Crippen molar-refractivity contribution >= 4 is 6.29 Å². The molecule has 1 aromatic carbocycles. The molecule has 1 fully saturated rings. The van der Waals surface area contributed by atoms with Crippen LogP contribution in [0.5, 0.6) is 5.75 Å². The molecule has 0 heterocycles. The lowest BCUT2D eigenvalue weighted by molar-refractivity contribution is 0.112. The molecule has 2 heteroatoms. The van der Waals surface area contributed by atoms with Crippen LogP contribution in [0.2, 0.25) is 0 Å². The van der Waals surface area contributed by atoms with Crippen molar-refractivity contribution in [3.63, 3.8) is 0 Å². The molecule has 0 bridgehead atoms. The Morgan fingerprint density at radius 2 is 2.23 bits per heavy atom. The average Bonchev–Trinajstić information content (AvgIpc) is 2.92. The maximum Gasteiger partial charge on any atom is 0.153 e. The van der Waals surface area contributed by atoms with Gasteiger partial charge in [0, 0.05) is 0 Å². The molecule has 2 rings (SSSR count). The Labute approximate surface area is 77.2 Å². The minimum absolute atomic E-state index is 0.171. The van der Waals surface area contributed by atoms with Crippen molar-refractivity contribution in [2.75, 3.05) is 0 Å². The summed E-state index contributed by atoms with van der Waals surface area (Å²) in [6.07, 6.45) is 4.12. The van der Waals surface area contributed by atoms with Crippen LogP contribution in [0.1, 0.15) is 28.8 Å². The van der Waals surface area contributed by atoms with E-state index < -0.39 is 0 Å². The highest BCUT2D eigenvalue weighted by atomic mass is 16.3. The molecular weight excluding hydrogens is 164 g/mol. The lowest BCUT2D eigenvalue weighted by atomic mass is 10.0. The van der Waals surface area contributed by atoms with Gasteiger partial charge in [0.25, 0.3) is 0 Å². The summed E-state index contributed by atoms with van der Waals surface area (Å²) in [5.74, 6) is 0.900. The van der Waals surface area contributed by atoms with Crippen LogP contribution in [0.15, 0.2) is 18.2 Å². The Bertz CT molecular complexity index is 327. The maximum absolute atomic E-state index is 10.5. The number of benzene rings is 1. The zero-order valence-corrected chi connectivity index (χ0v) is 7.36. The van der Waals surface area contributed by atoms with Gasteiger partial charge in [-0.25, -0.2) is 0 Å². The van der Waals surface area contributed by atoms with Crippen LogP contribution in [0.25, 0.3) is 0 Å². The van der Waals surface area contributed by atoms with Gasteiger partial charge in [0.1, 0.15) is 5.75 Å². The third-order valence-electron chi connectivity index (χ3n) is 2.48. The number of aldehydes is 1. The molecule has 0 aromatic heterocycles. The van der Waals surface area contributed by atoms with E-state index in [1.807, 2.05) is 12.1 Å². The molecule has 0 unspecified atom stereocenters. The van der Waals surface area contributed by atoms with Crippen LogP contribution >= 0.6 is 0 Å². The summed E-state index contributed by atoms with van der Waals surface area (Å²) in [4.78, 5) is 10.5. The zero-order valence-electron chi connectivity index (χ0n) is 7.36. The highest BCUT2D eigenvalue weighted by Gasteiger charge is 2.23. The van der Waals surface area contributed by atoms with Gasteiger partial charge in [-0.2, -0.15) is 0 Å². The molecule has 0 aliphatic heterocycles. The lowest BCUT2D eigenvalue weighted by Crippen LogP contribution is -1.91. The number of carbonyl (C=O) groups excluding carboxylic acids is 1. The molecule has 0 saturated heterocycles. The van der Waals surface area contributed by atoms with Crippen molar-refractivity contribution in [2.45, 2.75) is 19.3 Å². The number of hydrogen-bond donors (Lipinski definition) is 1. The number of para-hydroxylation sites is 1. The Morgan fingerprint density at radius 1 is 1.46 bits per heavy atom. The fourth-order valence-corrected chi connectivity index (χ4v) is 1.50. The smallest absolute Gasteiger partial charge is 0.153 e. The van der Waals surface area contributed by atoms with E-state index in [0.29, 0.717) is 11.8 Å². The molecule has 0 radical (unpaired) electrons. The summed E-state index contributed by atoms with van der Waals surface area (Å²) >= 11 is 0. The molecule has 1 aliphatic carbocycles. The Morgan fingerprint density at radius 3 is 2.85 bits per heavy atom.